The van der Waals surface area contributed by atoms with Crippen LogP contribution in [-0.2, 0) is 10.8 Å². The summed E-state index contributed by atoms with van der Waals surface area (Å²) < 4.78 is 0. The Hall–Kier alpha value is -16.7. The first kappa shape index (κ1) is 81.8. The van der Waals surface area contributed by atoms with E-state index in [-0.39, 0.29) is 13.4 Å². The maximum atomic E-state index is 2.52. The molecule has 0 fully saturated rings. The highest BCUT2D eigenvalue weighted by Gasteiger charge is 2.48. The fourth-order valence-electron chi connectivity index (χ4n) is 22.0. The fraction of sp³-hybridized carbons (Fsp3) is 0.0476. The van der Waals surface area contributed by atoms with Crippen LogP contribution < -0.4 is 62.2 Å². The minimum absolute atomic E-state index is 0.0604. The molecule has 8 heteroatoms. The number of para-hydroxylation sites is 4. The van der Waals surface area contributed by atoms with Crippen LogP contribution in [0.15, 0.2) is 510 Å². The van der Waals surface area contributed by atoms with Gasteiger partial charge in [-0.2, -0.15) is 0 Å². The van der Waals surface area contributed by atoms with Crippen LogP contribution in [0.1, 0.15) is 66.8 Å². The van der Waals surface area contributed by atoms with Gasteiger partial charge in [-0.1, -0.05) is 352 Å². The second-order valence-corrected chi connectivity index (χ2v) is 35.7. The summed E-state index contributed by atoms with van der Waals surface area (Å²) in [5.41, 5.74) is 42.1. The molecular formula is C126H96B2N6. The van der Waals surface area contributed by atoms with Gasteiger partial charge in [0, 0.05) is 102 Å². The molecule has 134 heavy (non-hydrogen) atoms. The highest BCUT2D eigenvalue weighted by molar-refractivity contribution is 7.01. The van der Waals surface area contributed by atoms with E-state index in [9.17, 15) is 0 Å². The Morgan fingerprint density at radius 2 is 0.396 bits per heavy atom. The first-order valence-corrected chi connectivity index (χ1v) is 46.6. The number of aryl methyl sites for hydroxylation is 4. The molecule has 4 aliphatic heterocycles. The molecule has 20 aromatic carbocycles. The summed E-state index contributed by atoms with van der Waals surface area (Å²) in [4.78, 5) is 14.8. The zero-order valence-corrected chi connectivity index (χ0v) is 75.3. The van der Waals surface area contributed by atoms with E-state index in [1.165, 1.54) is 134 Å². The molecule has 0 bridgehead atoms. The van der Waals surface area contributed by atoms with Gasteiger partial charge in [-0.25, -0.2) is 0 Å². The predicted octanol–water partition coefficient (Wildman–Crippen LogP) is 28.5. The molecule has 0 spiro atoms. The van der Waals surface area contributed by atoms with E-state index >= 15 is 0 Å². The van der Waals surface area contributed by atoms with Gasteiger partial charge in [0.15, 0.2) is 0 Å². The number of nitrogens with zero attached hydrogens (tertiary/aromatic N) is 6. The number of rotatable bonds is 18. The van der Waals surface area contributed by atoms with Crippen molar-refractivity contribution in [3.8, 4) is 0 Å². The topological polar surface area (TPSA) is 19.4 Å². The van der Waals surface area contributed by atoms with Crippen molar-refractivity contribution in [2.24, 2.45) is 0 Å². The van der Waals surface area contributed by atoms with Gasteiger partial charge in [0.25, 0.3) is 13.4 Å². The number of anilines is 18. The van der Waals surface area contributed by atoms with Crippen LogP contribution in [0.3, 0.4) is 0 Å². The molecule has 636 valence electrons. The Morgan fingerprint density at radius 3 is 0.701 bits per heavy atom. The molecule has 0 aliphatic carbocycles. The second-order valence-electron chi connectivity index (χ2n) is 35.7. The van der Waals surface area contributed by atoms with Crippen LogP contribution >= 0.6 is 0 Å². The molecule has 0 saturated carbocycles. The molecule has 0 atom stereocenters. The third-order valence-corrected chi connectivity index (χ3v) is 27.7. The minimum Gasteiger partial charge on any atom is -0.311 e. The van der Waals surface area contributed by atoms with Crippen LogP contribution in [0.2, 0.25) is 0 Å². The SMILES string of the molecule is Cc1ccc2c(c1)N(c1ccc(C(c3ccccc3)(c3ccccc3)c3ccccc3)cc1)c1cccc3c1B2c1ccc(N(c2ccccc2)c2ccccc2)cc1N3c1cccc(N(c2ccccc2)c2ccccc2)c1.Cc1cccc(N2c3cc(C)ccc3B3c4ccc(C)cc4N(c4ccc(C(c5ccccc5)(c5ccccc5)c5ccccc5)cc4)c4cccc2c43)c1. The Kier molecular flexibility index (Phi) is 21.1. The number of hydrogen-bond donors (Lipinski definition) is 0. The standard InChI is InChI=1S/C74H55BN4.C52H41BN2/c1-54-43-49-67-71(51-54)78(63-46-44-58(45-47-63)74(55-25-9-2-10-26-55,56-27-11-3-12-28-56)57-29-13-4-14-30-57)69-41-24-42-70-73(69)75(67)68-50-48-66(77(61-35-19-7-20-36-61)62-37-21-8-22-38-62)53-72(68)79(70)65-40-23-39-64(52-65)76(59-31-15-5-16-32-59)60-33-17-6-18-34-60;1-36-15-13-22-44(33-36)55-48-24-14-23-47-51(48)53(46-32-26-38(3)35-50(46)55)45-31-25-37(2)34-49(45)54(47)43-29-27-42(28-30-43)52(39-16-7-4-8-17-39,40-18-9-5-10-19-40)41-20-11-6-12-21-41/h2-53H,1H3;4-35H,1-3H3. The Balaban J connectivity index is 0.000000161. The summed E-state index contributed by atoms with van der Waals surface area (Å²) in [6, 6.07) is 188. The maximum Gasteiger partial charge on any atom is 0.252 e. The average molecular weight is 1720 g/mol. The van der Waals surface area contributed by atoms with Gasteiger partial charge in [-0.05, 0) is 285 Å². The molecular weight excluding hydrogens is 1620 g/mol. The summed E-state index contributed by atoms with van der Waals surface area (Å²) >= 11 is 0. The van der Waals surface area contributed by atoms with Gasteiger partial charge >= 0.3 is 0 Å². The lowest BCUT2D eigenvalue weighted by Gasteiger charge is -2.44. The molecule has 0 N–H and O–H groups in total. The van der Waals surface area contributed by atoms with Crippen molar-refractivity contribution in [3.05, 3.63) is 576 Å². The first-order valence-electron chi connectivity index (χ1n) is 46.6. The first-order chi connectivity index (χ1) is 66.1. The van der Waals surface area contributed by atoms with Gasteiger partial charge in [-0.15, -0.1) is 0 Å². The van der Waals surface area contributed by atoms with Crippen LogP contribution in [0, 0.1) is 27.7 Å². The van der Waals surface area contributed by atoms with E-state index in [1.807, 2.05) is 0 Å². The van der Waals surface area contributed by atoms with Crippen molar-refractivity contribution in [2.45, 2.75) is 38.5 Å². The zero-order valence-electron chi connectivity index (χ0n) is 75.3. The van der Waals surface area contributed by atoms with E-state index < -0.39 is 10.8 Å². The molecule has 4 heterocycles. The third kappa shape index (κ3) is 14.1. The lowest BCUT2D eigenvalue weighted by Crippen LogP contribution is -2.61. The quantitative estimate of drug-likeness (QED) is 0.0625. The highest BCUT2D eigenvalue weighted by Crippen LogP contribution is 2.53. The zero-order chi connectivity index (χ0) is 89.8. The van der Waals surface area contributed by atoms with E-state index in [4.69, 9.17) is 0 Å². The molecule has 6 nitrogen and oxygen atoms in total. The molecule has 24 rings (SSSR count). The lowest BCUT2D eigenvalue weighted by atomic mass is 9.33. The van der Waals surface area contributed by atoms with E-state index in [0.717, 1.165) is 68.2 Å². The molecule has 0 saturated heterocycles. The number of fused-ring (bicyclic) bond motifs is 8. The fourth-order valence-corrected chi connectivity index (χ4v) is 22.0. The summed E-state index contributed by atoms with van der Waals surface area (Å²) in [5.74, 6) is 0. The van der Waals surface area contributed by atoms with Crippen LogP contribution in [-0.4, -0.2) is 13.4 Å². The van der Waals surface area contributed by atoms with E-state index in [1.54, 1.807) is 0 Å². The molecule has 4 aliphatic rings. The summed E-state index contributed by atoms with van der Waals surface area (Å²) in [7, 11) is 0. The van der Waals surface area contributed by atoms with Gasteiger partial charge in [0.05, 0.1) is 10.8 Å². The summed E-state index contributed by atoms with van der Waals surface area (Å²) in [5, 5.41) is 0. The van der Waals surface area contributed by atoms with Gasteiger partial charge in [0.1, 0.15) is 0 Å². The molecule has 0 unspecified atom stereocenters. The van der Waals surface area contributed by atoms with Crippen LogP contribution in [0.25, 0.3) is 0 Å². The maximum absolute atomic E-state index is 2.52. The number of hydrogen-bond acceptors (Lipinski definition) is 6. The predicted molar refractivity (Wildman–Crippen MR) is 566 cm³/mol. The van der Waals surface area contributed by atoms with Gasteiger partial charge < -0.3 is 29.4 Å². The molecule has 0 aromatic heterocycles. The minimum atomic E-state index is -0.569. The average Bonchev–Trinajstić information content (AvgIpc) is 0.682. The lowest BCUT2D eigenvalue weighted by molar-refractivity contribution is 0.745. The molecule has 0 radical (unpaired) electrons. The van der Waals surface area contributed by atoms with Gasteiger partial charge in [0.2, 0.25) is 0 Å². The normalized spacial score (nSPS) is 12.5. The Bertz CT molecular complexity index is 7400. The second kappa shape index (κ2) is 34.6. The van der Waals surface area contributed by atoms with Gasteiger partial charge in [-0.3, -0.25) is 0 Å². The Morgan fingerprint density at radius 1 is 0.164 bits per heavy atom. The summed E-state index contributed by atoms with van der Waals surface area (Å²) in [6.07, 6.45) is 0. The van der Waals surface area contributed by atoms with Crippen LogP contribution in [0.5, 0.6) is 0 Å². The number of benzene rings is 20. The van der Waals surface area contributed by atoms with Crippen molar-refractivity contribution in [3.63, 3.8) is 0 Å². The summed E-state index contributed by atoms with van der Waals surface area (Å²) in [6.45, 7) is 8.85. The molecule has 0 amide bonds. The van der Waals surface area contributed by atoms with Crippen molar-refractivity contribution < 1.29 is 0 Å². The Labute approximate surface area is 787 Å². The van der Waals surface area contributed by atoms with Crippen molar-refractivity contribution in [2.75, 3.05) is 29.4 Å². The van der Waals surface area contributed by atoms with Crippen molar-refractivity contribution >= 4 is 149 Å². The van der Waals surface area contributed by atoms with Crippen LogP contribution in [0.4, 0.5) is 102 Å². The smallest absolute Gasteiger partial charge is 0.252 e. The third-order valence-electron chi connectivity index (χ3n) is 27.7. The van der Waals surface area contributed by atoms with E-state index in [2.05, 4.69) is 567 Å². The largest absolute Gasteiger partial charge is 0.311 e. The molecule has 20 aromatic rings. The van der Waals surface area contributed by atoms with E-state index in [0.29, 0.717) is 0 Å². The monoisotopic (exact) mass is 1710 g/mol. The highest BCUT2D eigenvalue weighted by atomic mass is 15.2. The van der Waals surface area contributed by atoms with Crippen molar-refractivity contribution in [1.82, 2.24) is 0 Å². The van der Waals surface area contributed by atoms with Crippen molar-refractivity contribution in [1.29, 1.82) is 0 Å².